The van der Waals surface area contributed by atoms with Gasteiger partial charge in [-0.3, -0.25) is 0 Å². The fourth-order valence-electron chi connectivity index (χ4n) is 2.14. The molecule has 0 aliphatic carbocycles. The third-order valence-electron chi connectivity index (χ3n) is 3.70. The molecule has 0 saturated heterocycles. The van der Waals surface area contributed by atoms with Crippen LogP contribution < -0.4 is 10.6 Å². The molecule has 0 bridgehead atoms. The second-order valence-electron chi connectivity index (χ2n) is 4.91. The van der Waals surface area contributed by atoms with Crippen LogP contribution >= 0.6 is 11.3 Å². The Morgan fingerprint density at radius 2 is 1.89 bits per heavy atom. The zero-order valence-corrected chi connectivity index (χ0v) is 12.7. The number of benzene rings is 1. The summed E-state index contributed by atoms with van der Waals surface area (Å²) in [5.41, 5.74) is 8.49. The minimum atomic E-state index is 0.147. The highest BCUT2D eigenvalue weighted by Gasteiger charge is 2.13. The van der Waals surface area contributed by atoms with Gasteiger partial charge in [-0.2, -0.15) is 0 Å². The molecule has 2 rings (SSSR count). The molecule has 2 atom stereocenters. The predicted molar refractivity (Wildman–Crippen MR) is 84.8 cm³/mol. The van der Waals surface area contributed by atoms with E-state index in [4.69, 9.17) is 5.73 Å². The first-order valence-corrected chi connectivity index (χ1v) is 7.63. The van der Waals surface area contributed by atoms with Crippen molar-refractivity contribution in [3.8, 4) is 0 Å². The van der Waals surface area contributed by atoms with Gasteiger partial charge in [0.05, 0.1) is 6.04 Å². The molecule has 1 aromatic heterocycles. The van der Waals surface area contributed by atoms with Crippen molar-refractivity contribution < 1.29 is 0 Å². The lowest BCUT2D eigenvalue weighted by Gasteiger charge is -2.26. The first-order chi connectivity index (χ1) is 9.13. The van der Waals surface area contributed by atoms with Crippen LogP contribution in [0.25, 0.3) is 0 Å². The highest BCUT2D eigenvalue weighted by Crippen LogP contribution is 2.28. The van der Waals surface area contributed by atoms with Crippen molar-refractivity contribution >= 4 is 17.0 Å². The van der Waals surface area contributed by atoms with Gasteiger partial charge >= 0.3 is 0 Å². The summed E-state index contributed by atoms with van der Waals surface area (Å²) in [7, 11) is 2.14. The number of rotatable bonds is 5. The van der Waals surface area contributed by atoms with Crippen LogP contribution in [0.1, 0.15) is 42.8 Å². The summed E-state index contributed by atoms with van der Waals surface area (Å²) in [6.45, 7) is 4.35. The Bertz CT molecular complexity index is 490. The van der Waals surface area contributed by atoms with E-state index in [1.54, 1.807) is 11.3 Å². The summed E-state index contributed by atoms with van der Waals surface area (Å²) in [6.07, 6.45) is 0.973. The maximum atomic E-state index is 6.05. The predicted octanol–water partition coefficient (Wildman–Crippen LogP) is 4.36. The molecule has 0 aliphatic rings. The van der Waals surface area contributed by atoms with E-state index in [0.29, 0.717) is 6.04 Å². The quantitative estimate of drug-likeness (QED) is 0.878. The lowest BCUT2D eigenvalue weighted by molar-refractivity contribution is 0.697. The highest BCUT2D eigenvalue weighted by atomic mass is 32.1. The largest absolute Gasteiger partial charge is 0.367 e. The smallest absolute Gasteiger partial charge is 0.0603 e. The minimum absolute atomic E-state index is 0.147. The van der Waals surface area contributed by atoms with E-state index in [-0.39, 0.29) is 6.04 Å². The Labute approximate surface area is 119 Å². The van der Waals surface area contributed by atoms with Gasteiger partial charge in [-0.1, -0.05) is 25.1 Å². The summed E-state index contributed by atoms with van der Waals surface area (Å²) >= 11 is 1.80. The SMILES string of the molecule is CC[C@H](N)c1ccc(N(C)C(C)c2cccs2)cc1. The zero-order chi connectivity index (χ0) is 13.8. The van der Waals surface area contributed by atoms with Crippen molar-refractivity contribution in [2.45, 2.75) is 32.4 Å². The lowest BCUT2D eigenvalue weighted by atomic mass is 10.0. The zero-order valence-electron chi connectivity index (χ0n) is 11.8. The molecule has 0 fully saturated rings. The molecule has 2 N–H and O–H groups in total. The van der Waals surface area contributed by atoms with Crippen molar-refractivity contribution in [2.75, 3.05) is 11.9 Å². The van der Waals surface area contributed by atoms with Crippen LogP contribution in [0, 0.1) is 0 Å². The van der Waals surface area contributed by atoms with E-state index in [1.165, 1.54) is 16.1 Å². The fraction of sp³-hybridized carbons (Fsp3) is 0.375. The number of thiophene rings is 1. The summed E-state index contributed by atoms with van der Waals surface area (Å²) in [6, 6.07) is 13.4. The standard InChI is InChI=1S/C16H22N2S/c1-4-15(17)13-7-9-14(10-8-13)18(3)12(2)16-6-5-11-19-16/h5-12,15H,4,17H2,1-3H3/t12?,15-/m0/s1. The van der Waals surface area contributed by atoms with Gasteiger partial charge in [0.25, 0.3) is 0 Å². The summed E-state index contributed by atoms with van der Waals surface area (Å²) in [5, 5.41) is 2.13. The van der Waals surface area contributed by atoms with Gasteiger partial charge < -0.3 is 10.6 Å². The van der Waals surface area contributed by atoms with Crippen LogP contribution in [0.2, 0.25) is 0 Å². The van der Waals surface area contributed by atoms with E-state index >= 15 is 0 Å². The minimum Gasteiger partial charge on any atom is -0.367 e. The van der Waals surface area contributed by atoms with E-state index in [2.05, 4.69) is 67.6 Å². The van der Waals surface area contributed by atoms with Crippen LogP contribution in [-0.4, -0.2) is 7.05 Å². The monoisotopic (exact) mass is 274 g/mol. The van der Waals surface area contributed by atoms with Gasteiger partial charge in [-0.25, -0.2) is 0 Å². The molecule has 3 heteroatoms. The molecule has 2 aromatic rings. The summed E-state index contributed by atoms with van der Waals surface area (Å²) < 4.78 is 0. The van der Waals surface area contributed by atoms with Crippen LogP contribution in [-0.2, 0) is 0 Å². The molecule has 1 unspecified atom stereocenters. The summed E-state index contributed by atoms with van der Waals surface area (Å²) in [5.74, 6) is 0. The first kappa shape index (κ1) is 14.1. The van der Waals surface area contributed by atoms with Crippen molar-refractivity contribution in [3.05, 3.63) is 52.2 Å². The highest BCUT2D eigenvalue weighted by molar-refractivity contribution is 7.10. The molecule has 2 nitrogen and oxygen atoms in total. The molecule has 102 valence electrons. The molecular formula is C16H22N2S. The van der Waals surface area contributed by atoms with Gasteiger partial charge in [-0.15, -0.1) is 11.3 Å². The third kappa shape index (κ3) is 3.17. The average Bonchev–Trinajstić information content (AvgIpc) is 2.99. The average molecular weight is 274 g/mol. The molecule has 0 amide bonds. The molecule has 0 saturated carbocycles. The Balaban J connectivity index is 2.13. The second-order valence-corrected chi connectivity index (χ2v) is 5.89. The molecule has 0 aliphatic heterocycles. The lowest BCUT2D eigenvalue weighted by Crippen LogP contribution is -2.20. The third-order valence-corrected chi connectivity index (χ3v) is 4.75. The molecular weight excluding hydrogens is 252 g/mol. The Morgan fingerprint density at radius 1 is 1.21 bits per heavy atom. The van der Waals surface area contributed by atoms with Crippen molar-refractivity contribution in [3.63, 3.8) is 0 Å². The van der Waals surface area contributed by atoms with Crippen molar-refractivity contribution in [1.82, 2.24) is 0 Å². The number of nitrogens with zero attached hydrogens (tertiary/aromatic N) is 1. The Morgan fingerprint density at radius 3 is 2.42 bits per heavy atom. The molecule has 19 heavy (non-hydrogen) atoms. The van der Waals surface area contributed by atoms with Crippen LogP contribution in [0.4, 0.5) is 5.69 Å². The number of anilines is 1. The van der Waals surface area contributed by atoms with E-state index in [0.717, 1.165) is 6.42 Å². The van der Waals surface area contributed by atoms with Gasteiger partial charge in [0, 0.05) is 23.7 Å². The topological polar surface area (TPSA) is 29.3 Å². The number of nitrogens with two attached hydrogens (primary N) is 1. The second kappa shape index (κ2) is 6.22. The number of hydrogen-bond acceptors (Lipinski definition) is 3. The maximum Gasteiger partial charge on any atom is 0.0603 e. The van der Waals surface area contributed by atoms with Crippen LogP contribution in [0.5, 0.6) is 0 Å². The Kier molecular flexibility index (Phi) is 4.61. The van der Waals surface area contributed by atoms with Gasteiger partial charge in [0.2, 0.25) is 0 Å². The molecule has 0 radical (unpaired) electrons. The van der Waals surface area contributed by atoms with Crippen molar-refractivity contribution in [2.24, 2.45) is 5.73 Å². The van der Waals surface area contributed by atoms with E-state index in [1.807, 2.05) is 0 Å². The molecule has 0 spiro atoms. The van der Waals surface area contributed by atoms with E-state index in [9.17, 15) is 0 Å². The van der Waals surface area contributed by atoms with Gasteiger partial charge in [0.1, 0.15) is 0 Å². The van der Waals surface area contributed by atoms with Crippen LogP contribution in [0.3, 0.4) is 0 Å². The van der Waals surface area contributed by atoms with Crippen LogP contribution in [0.15, 0.2) is 41.8 Å². The van der Waals surface area contributed by atoms with Crippen molar-refractivity contribution in [1.29, 1.82) is 0 Å². The number of hydrogen-bond donors (Lipinski definition) is 1. The van der Waals surface area contributed by atoms with Gasteiger partial charge in [-0.05, 0) is 42.5 Å². The Hall–Kier alpha value is -1.32. The molecule has 1 heterocycles. The molecule has 1 aromatic carbocycles. The van der Waals surface area contributed by atoms with E-state index < -0.39 is 0 Å². The maximum absolute atomic E-state index is 6.05. The first-order valence-electron chi connectivity index (χ1n) is 6.75. The van der Waals surface area contributed by atoms with Gasteiger partial charge in [0.15, 0.2) is 0 Å². The summed E-state index contributed by atoms with van der Waals surface area (Å²) in [4.78, 5) is 3.68. The fourth-order valence-corrected chi connectivity index (χ4v) is 2.96. The normalized spacial score (nSPS) is 14.1.